The summed E-state index contributed by atoms with van der Waals surface area (Å²) in [4.78, 5) is 5.39. The van der Waals surface area contributed by atoms with Gasteiger partial charge in [-0.2, -0.15) is 0 Å². The minimum atomic E-state index is 0.256. The molecule has 2 rings (SSSR count). The van der Waals surface area contributed by atoms with Gasteiger partial charge in [0.05, 0.1) is 0 Å². The van der Waals surface area contributed by atoms with Crippen LogP contribution in [0.1, 0.15) is 53.4 Å². The maximum Gasteiger partial charge on any atom is 0.0347 e. The first-order chi connectivity index (χ1) is 9.52. The number of nitrogens with two attached hydrogens (primary N) is 1. The first-order valence-corrected chi connectivity index (χ1v) is 8.71. The van der Waals surface area contributed by atoms with E-state index in [0.717, 1.165) is 18.4 Å². The topological polar surface area (TPSA) is 32.5 Å². The van der Waals surface area contributed by atoms with E-state index in [1.165, 1.54) is 51.9 Å². The van der Waals surface area contributed by atoms with Crippen LogP contribution in [0, 0.1) is 11.8 Å². The second-order valence-corrected chi connectivity index (χ2v) is 7.43. The van der Waals surface area contributed by atoms with Crippen LogP contribution in [-0.4, -0.2) is 54.1 Å². The van der Waals surface area contributed by atoms with E-state index in [1.54, 1.807) is 0 Å². The van der Waals surface area contributed by atoms with Crippen molar-refractivity contribution < 1.29 is 0 Å². The van der Waals surface area contributed by atoms with Gasteiger partial charge < -0.3 is 10.6 Å². The zero-order chi connectivity index (χ0) is 14.8. The average Bonchev–Trinajstić information content (AvgIpc) is 2.65. The van der Waals surface area contributed by atoms with Gasteiger partial charge in [-0.1, -0.05) is 20.8 Å². The summed E-state index contributed by atoms with van der Waals surface area (Å²) in [5, 5.41) is 0. The van der Waals surface area contributed by atoms with Crippen molar-refractivity contribution in [1.82, 2.24) is 9.80 Å². The first-order valence-electron chi connectivity index (χ1n) is 8.71. The van der Waals surface area contributed by atoms with E-state index in [2.05, 4.69) is 37.5 Å². The maximum atomic E-state index is 6.32. The van der Waals surface area contributed by atoms with E-state index < -0.39 is 0 Å². The average molecular weight is 281 g/mol. The minimum Gasteiger partial charge on any atom is -0.329 e. The van der Waals surface area contributed by atoms with E-state index in [-0.39, 0.29) is 5.54 Å². The van der Waals surface area contributed by atoms with Crippen LogP contribution in [0.4, 0.5) is 0 Å². The third-order valence-corrected chi connectivity index (χ3v) is 6.04. The van der Waals surface area contributed by atoms with Gasteiger partial charge in [0.2, 0.25) is 0 Å². The van der Waals surface area contributed by atoms with Crippen molar-refractivity contribution in [2.24, 2.45) is 17.6 Å². The van der Waals surface area contributed by atoms with Crippen molar-refractivity contribution in [3.05, 3.63) is 0 Å². The van der Waals surface area contributed by atoms with Crippen molar-refractivity contribution in [3.8, 4) is 0 Å². The van der Waals surface area contributed by atoms with Crippen LogP contribution in [0.2, 0.25) is 0 Å². The molecular weight excluding hydrogens is 246 g/mol. The summed E-state index contributed by atoms with van der Waals surface area (Å²) < 4.78 is 0. The molecule has 0 radical (unpaired) electrons. The predicted molar refractivity (Wildman–Crippen MR) is 86.9 cm³/mol. The van der Waals surface area contributed by atoms with Crippen LogP contribution in [0.25, 0.3) is 0 Å². The summed E-state index contributed by atoms with van der Waals surface area (Å²) in [5.74, 6) is 1.61. The lowest BCUT2D eigenvalue weighted by Gasteiger charge is -2.52. The maximum absolute atomic E-state index is 6.32. The SMILES string of the molecule is CCN1CCCC(CN)(N2CC(C)CC(C)C2C)CC1. The zero-order valence-electron chi connectivity index (χ0n) is 14.1. The van der Waals surface area contributed by atoms with Gasteiger partial charge in [0.15, 0.2) is 0 Å². The summed E-state index contributed by atoms with van der Waals surface area (Å²) in [7, 11) is 0. The molecule has 4 unspecified atom stereocenters. The van der Waals surface area contributed by atoms with E-state index in [1.807, 2.05) is 0 Å². The first kappa shape index (κ1) is 16.3. The summed E-state index contributed by atoms with van der Waals surface area (Å²) in [6.07, 6.45) is 5.21. The van der Waals surface area contributed by atoms with Crippen molar-refractivity contribution >= 4 is 0 Å². The number of rotatable bonds is 3. The number of likely N-dealkylation sites (tertiary alicyclic amines) is 2. The summed E-state index contributed by atoms with van der Waals surface area (Å²) in [6, 6.07) is 0.683. The molecule has 2 N–H and O–H groups in total. The van der Waals surface area contributed by atoms with Gasteiger partial charge in [-0.25, -0.2) is 0 Å². The van der Waals surface area contributed by atoms with Gasteiger partial charge in [0.1, 0.15) is 0 Å². The van der Waals surface area contributed by atoms with Crippen molar-refractivity contribution in [2.75, 3.05) is 32.7 Å². The lowest BCUT2D eigenvalue weighted by atomic mass is 9.79. The minimum absolute atomic E-state index is 0.256. The smallest absolute Gasteiger partial charge is 0.0347 e. The molecule has 0 bridgehead atoms. The summed E-state index contributed by atoms with van der Waals surface area (Å²) in [6.45, 7) is 15.3. The molecule has 0 aromatic heterocycles. The fraction of sp³-hybridized carbons (Fsp3) is 1.00. The Morgan fingerprint density at radius 1 is 1.15 bits per heavy atom. The molecule has 3 heteroatoms. The van der Waals surface area contributed by atoms with Crippen LogP contribution >= 0.6 is 0 Å². The molecule has 2 aliphatic heterocycles. The number of hydrogen-bond donors (Lipinski definition) is 1. The van der Waals surface area contributed by atoms with Gasteiger partial charge in [0, 0.05) is 24.7 Å². The molecule has 2 saturated heterocycles. The molecule has 2 aliphatic rings. The van der Waals surface area contributed by atoms with Crippen LogP contribution in [0.3, 0.4) is 0 Å². The lowest BCUT2D eigenvalue weighted by molar-refractivity contribution is -0.0237. The Balaban J connectivity index is 2.16. The van der Waals surface area contributed by atoms with Crippen molar-refractivity contribution in [2.45, 2.75) is 65.0 Å². The Hall–Kier alpha value is -0.120. The van der Waals surface area contributed by atoms with E-state index in [0.29, 0.717) is 6.04 Å². The fourth-order valence-corrected chi connectivity index (χ4v) is 4.50. The third-order valence-electron chi connectivity index (χ3n) is 6.04. The molecule has 20 heavy (non-hydrogen) atoms. The third kappa shape index (κ3) is 3.20. The Morgan fingerprint density at radius 2 is 1.90 bits per heavy atom. The van der Waals surface area contributed by atoms with Gasteiger partial charge in [0.25, 0.3) is 0 Å². The molecular formula is C17H35N3. The number of nitrogens with zero attached hydrogens (tertiary/aromatic N) is 2. The van der Waals surface area contributed by atoms with Gasteiger partial charge in [-0.3, -0.25) is 4.90 Å². The van der Waals surface area contributed by atoms with E-state index >= 15 is 0 Å². The van der Waals surface area contributed by atoms with E-state index in [4.69, 9.17) is 5.73 Å². The van der Waals surface area contributed by atoms with Crippen LogP contribution in [0.15, 0.2) is 0 Å². The monoisotopic (exact) mass is 281 g/mol. The fourth-order valence-electron chi connectivity index (χ4n) is 4.50. The van der Waals surface area contributed by atoms with Gasteiger partial charge >= 0.3 is 0 Å². The Kier molecular flexibility index (Phi) is 5.49. The molecule has 118 valence electrons. The van der Waals surface area contributed by atoms with Gasteiger partial charge in [-0.15, -0.1) is 0 Å². The quantitative estimate of drug-likeness (QED) is 0.863. The van der Waals surface area contributed by atoms with Crippen molar-refractivity contribution in [3.63, 3.8) is 0 Å². The van der Waals surface area contributed by atoms with E-state index in [9.17, 15) is 0 Å². The standard InChI is InChI=1S/C17H35N3/c1-5-19-9-6-7-17(13-18,8-10-19)20-12-14(2)11-15(3)16(20)4/h14-16H,5-13,18H2,1-4H3. The molecule has 0 aromatic rings. The summed E-state index contributed by atoms with van der Waals surface area (Å²) in [5.41, 5.74) is 6.57. The highest BCUT2D eigenvalue weighted by Gasteiger charge is 2.43. The Labute approximate surface area is 125 Å². The van der Waals surface area contributed by atoms with Gasteiger partial charge in [-0.05, 0) is 64.1 Å². The van der Waals surface area contributed by atoms with Crippen LogP contribution < -0.4 is 5.73 Å². The highest BCUT2D eigenvalue weighted by molar-refractivity contribution is 4.99. The van der Waals surface area contributed by atoms with Crippen LogP contribution in [0.5, 0.6) is 0 Å². The molecule has 0 aliphatic carbocycles. The molecule has 2 heterocycles. The largest absolute Gasteiger partial charge is 0.329 e. The molecule has 0 saturated carbocycles. The second kappa shape index (κ2) is 6.76. The molecule has 0 spiro atoms. The lowest BCUT2D eigenvalue weighted by Crippen LogP contribution is -2.62. The highest BCUT2D eigenvalue weighted by atomic mass is 15.3. The molecule has 0 amide bonds. The Bertz CT molecular complexity index is 307. The molecule has 2 fully saturated rings. The number of piperidine rings is 1. The zero-order valence-corrected chi connectivity index (χ0v) is 14.1. The second-order valence-electron chi connectivity index (χ2n) is 7.43. The predicted octanol–water partition coefficient (Wildman–Crippen LogP) is 2.56. The molecule has 0 aromatic carbocycles. The number of hydrogen-bond acceptors (Lipinski definition) is 3. The highest BCUT2D eigenvalue weighted by Crippen LogP contribution is 2.37. The van der Waals surface area contributed by atoms with Crippen molar-refractivity contribution in [1.29, 1.82) is 0 Å². The normalized spacial score (nSPS) is 41.5. The summed E-state index contributed by atoms with van der Waals surface area (Å²) >= 11 is 0. The molecule has 3 nitrogen and oxygen atoms in total. The van der Waals surface area contributed by atoms with Crippen LogP contribution in [-0.2, 0) is 0 Å². The Morgan fingerprint density at radius 3 is 2.55 bits per heavy atom. The molecule has 4 atom stereocenters.